The Hall–Kier alpha value is -0.390. The molecule has 1 aromatic rings. The molecule has 0 radical (unpaired) electrons. The van der Waals surface area contributed by atoms with Crippen molar-refractivity contribution in [1.29, 1.82) is 0 Å². The Morgan fingerprint density at radius 3 is 2.13 bits per heavy atom. The van der Waals surface area contributed by atoms with Crippen LogP contribution in [0.5, 0.6) is 0 Å². The molecule has 2 atom stereocenters. The zero-order valence-electron chi connectivity index (χ0n) is 7.95. The van der Waals surface area contributed by atoms with E-state index in [-0.39, 0.29) is 0 Å². The highest BCUT2D eigenvalue weighted by molar-refractivity contribution is 9.11. The Morgan fingerprint density at radius 2 is 1.73 bits per heavy atom. The van der Waals surface area contributed by atoms with Gasteiger partial charge in [0, 0.05) is 14.9 Å². The van der Waals surface area contributed by atoms with E-state index in [9.17, 15) is 9.90 Å². The normalized spacial score (nSPS) is 14.7. The molecule has 0 heterocycles. The lowest BCUT2D eigenvalue weighted by Crippen LogP contribution is -2.25. The fraction of sp³-hybridized carbons (Fsp3) is 0.300. The van der Waals surface area contributed by atoms with E-state index in [1.165, 1.54) is 0 Å². The first-order valence-corrected chi connectivity index (χ1v) is 5.87. The molecule has 0 aliphatic heterocycles. The van der Waals surface area contributed by atoms with Gasteiger partial charge in [0.05, 0.1) is 0 Å². The highest BCUT2D eigenvalue weighted by Gasteiger charge is 2.23. The number of hydrogen-bond acceptors (Lipinski definition) is 2. The van der Waals surface area contributed by atoms with Crippen molar-refractivity contribution in [3.63, 3.8) is 0 Å². The lowest BCUT2D eigenvalue weighted by molar-refractivity contribution is -0.147. The van der Waals surface area contributed by atoms with E-state index in [1.807, 2.05) is 6.07 Å². The molecular weight excluding hydrogens is 328 g/mol. The van der Waals surface area contributed by atoms with Crippen molar-refractivity contribution in [2.75, 3.05) is 0 Å². The van der Waals surface area contributed by atoms with Crippen LogP contribution in [-0.2, 0) is 4.79 Å². The van der Waals surface area contributed by atoms with E-state index in [1.54, 1.807) is 19.1 Å². The molecule has 0 saturated heterocycles. The van der Waals surface area contributed by atoms with E-state index >= 15 is 0 Å². The number of benzene rings is 1. The summed E-state index contributed by atoms with van der Waals surface area (Å²) in [5, 5.41) is 18.1. The van der Waals surface area contributed by atoms with E-state index in [4.69, 9.17) is 5.11 Å². The maximum atomic E-state index is 10.6. The van der Waals surface area contributed by atoms with E-state index in [2.05, 4.69) is 31.9 Å². The van der Waals surface area contributed by atoms with Crippen LogP contribution in [0.25, 0.3) is 0 Å². The van der Waals surface area contributed by atoms with E-state index < -0.39 is 18.0 Å². The molecule has 3 nitrogen and oxygen atoms in total. The number of aliphatic hydroxyl groups is 1. The van der Waals surface area contributed by atoms with Gasteiger partial charge in [-0.05, 0) is 23.8 Å². The van der Waals surface area contributed by atoms with Gasteiger partial charge in [0.2, 0.25) is 0 Å². The SMILES string of the molecule is CC(c1cc(Br)cc(Br)c1)C(O)C(=O)O. The van der Waals surface area contributed by atoms with Crippen molar-refractivity contribution in [2.45, 2.75) is 18.9 Å². The Labute approximate surface area is 104 Å². The minimum atomic E-state index is -1.38. The van der Waals surface area contributed by atoms with Gasteiger partial charge in [-0.2, -0.15) is 0 Å². The fourth-order valence-electron chi connectivity index (χ4n) is 1.23. The van der Waals surface area contributed by atoms with Crippen LogP contribution in [-0.4, -0.2) is 22.3 Å². The van der Waals surface area contributed by atoms with Crippen LogP contribution < -0.4 is 0 Å². The molecule has 82 valence electrons. The summed E-state index contributed by atoms with van der Waals surface area (Å²) in [6.07, 6.45) is -1.38. The molecule has 0 aliphatic rings. The molecule has 15 heavy (non-hydrogen) atoms. The van der Waals surface area contributed by atoms with Crippen molar-refractivity contribution < 1.29 is 15.0 Å². The van der Waals surface area contributed by atoms with Gasteiger partial charge < -0.3 is 10.2 Å². The molecule has 2 unspecified atom stereocenters. The Balaban J connectivity index is 3.00. The number of carboxylic acid groups (broad SMARTS) is 1. The lowest BCUT2D eigenvalue weighted by Gasteiger charge is -2.15. The second-order valence-corrected chi connectivity index (χ2v) is 5.11. The monoisotopic (exact) mass is 336 g/mol. The molecule has 0 aromatic heterocycles. The molecule has 0 amide bonds. The minimum Gasteiger partial charge on any atom is -0.479 e. The number of rotatable bonds is 3. The van der Waals surface area contributed by atoms with Crippen LogP contribution in [0.3, 0.4) is 0 Å². The molecular formula is C10H10Br2O3. The summed E-state index contributed by atoms with van der Waals surface area (Å²) in [4.78, 5) is 10.6. The van der Waals surface area contributed by atoms with Gasteiger partial charge >= 0.3 is 5.97 Å². The van der Waals surface area contributed by atoms with Crippen molar-refractivity contribution in [2.24, 2.45) is 0 Å². The van der Waals surface area contributed by atoms with Crippen LogP contribution in [0.15, 0.2) is 27.1 Å². The number of carbonyl (C=O) groups is 1. The number of hydrogen-bond donors (Lipinski definition) is 2. The van der Waals surface area contributed by atoms with Crippen LogP contribution in [0, 0.1) is 0 Å². The first-order chi connectivity index (χ1) is 6.91. The predicted octanol–water partition coefficient (Wildman–Crippen LogP) is 2.76. The fourth-order valence-corrected chi connectivity index (χ4v) is 2.56. The third-order valence-corrected chi connectivity index (χ3v) is 3.05. The van der Waals surface area contributed by atoms with Crippen LogP contribution in [0.1, 0.15) is 18.4 Å². The smallest absolute Gasteiger partial charge is 0.333 e. The maximum absolute atomic E-state index is 10.6. The molecule has 0 bridgehead atoms. The van der Waals surface area contributed by atoms with Gasteiger partial charge in [0.1, 0.15) is 0 Å². The number of halogens is 2. The predicted molar refractivity (Wildman–Crippen MR) is 63.9 cm³/mol. The average Bonchev–Trinajstić information content (AvgIpc) is 2.13. The molecule has 5 heteroatoms. The third-order valence-electron chi connectivity index (χ3n) is 2.14. The van der Waals surface area contributed by atoms with Gasteiger partial charge in [-0.1, -0.05) is 38.8 Å². The van der Waals surface area contributed by atoms with E-state index in [0.29, 0.717) is 0 Å². The maximum Gasteiger partial charge on any atom is 0.333 e. The summed E-state index contributed by atoms with van der Waals surface area (Å²) in [7, 11) is 0. The van der Waals surface area contributed by atoms with Gasteiger partial charge in [-0.3, -0.25) is 0 Å². The summed E-state index contributed by atoms with van der Waals surface area (Å²) in [6, 6.07) is 5.44. The molecule has 0 fully saturated rings. The van der Waals surface area contributed by atoms with Crippen molar-refractivity contribution >= 4 is 37.8 Å². The van der Waals surface area contributed by atoms with Gasteiger partial charge in [0.25, 0.3) is 0 Å². The van der Waals surface area contributed by atoms with Gasteiger partial charge in [-0.15, -0.1) is 0 Å². The lowest BCUT2D eigenvalue weighted by atomic mass is 9.95. The molecule has 0 saturated carbocycles. The standard InChI is InChI=1S/C10H10Br2O3/c1-5(9(13)10(14)15)6-2-7(11)4-8(12)3-6/h2-5,9,13H,1H3,(H,14,15). The Bertz CT molecular complexity index is 359. The largest absolute Gasteiger partial charge is 0.479 e. The second kappa shape index (κ2) is 5.09. The zero-order chi connectivity index (χ0) is 11.6. The summed E-state index contributed by atoms with van der Waals surface area (Å²) >= 11 is 6.62. The number of aliphatic carboxylic acids is 1. The summed E-state index contributed by atoms with van der Waals surface area (Å²) < 4.78 is 1.69. The molecule has 2 N–H and O–H groups in total. The Morgan fingerprint density at radius 1 is 1.27 bits per heavy atom. The quantitative estimate of drug-likeness (QED) is 0.891. The first-order valence-electron chi connectivity index (χ1n) is 4.28. The molecule has 0 aliphatic carbocycles. The van der Waals surface area contributed by atoms with Gasteiger partial charge in [0.15, 0.2) is 6.10 Å². The topological polar surface area (TPSA) is 57.5 Å². The number of aliphatic hydroxyl groups excluding tert-OH is 1. The summed E-state index contributed by atoms with van der Waals surface area (Å²) in [5.41, 5.74) is 0.770. The minimum absolute atomic E-state index is 0.448. The third kappa shape index (κ3) is 3.29. The number of carboxylic acids is 1. The summed E-state index contributed by atoms with van der Waals surface area (Å²) in [5.74, 6) is -1.66. The second-order valence-electron chi connectivity index (χ2n) is 3.27. The highest BCUT2D eigenvalue weighted by atomic mass is 79.9. The summed E-state index contributed by atoms with van der Waals surface area (Å²) in [6.45, 7) is 1.67. The average molecular weight is 338 g/mol. The molecule has 0 spiro atoms. The van der Waals surface area contributed by atoms with Crippen LogP contribution in [0.4, 0.5) is 0 Å². The highest BCUT2D eigenvalue weighted by Crippen LogP contribution is 2.27. The van der Waals surface area contributed by atoms with Crippen molar-refractivity contribution in [3.05, 3.63) is 32.7 Å². The molecule has 1 rings (SSSR count). The Kier molecular flexibility index (Phi) is 4.31. The van der Waals surface area contributed by atoms with Crippen molar-refractivity contribution in [3.8, 4) is 0 Å². The van der Waals surface area contributed by atoms with Gasteiger partial charge in [-0.25, -0.2) is 4.79 Å². The van der Waals surface area contributed by atoms with Crippen LogP contribution >= 0.6 is 31.9 Å². The molecule has 1 aromatic carbocycles. The first kappa shape index (κ1) is 12.7. The van der Waals surface area contributed by atoms with Crippen molar-refractivity contribution in [1.82, 2.24) is 0 Å². The van der Waals surface area contributed by atoms with Crippen LogP contribution in [0.2, 0.25) is 0 Å². The zero-order valence-corrected chi connectivity index (χ0v) is 11.1. The van der Waals surface area contributed by atoms with E-state index in [0.717, 1.165) is 14.5 Å².